The second kappa shape index (κ2) is 10.8. The molecule has 1 aromatic carbocycles. The SMILES string of the molecule is NCCCc1c(C(=O)O)[nH]c2ccc(C(=O)Nc3nc(C(=O)NCC4CCOCC4)cs3)cc12. The van der Waals surface area contributed by atoms with Crippen LogP contribution in [0.2, 0.25) is 0 Å². The summed E-state index contributed by atoms with van der Waals surface area (Å²) < 4.78 is 5.33. The zero-order valence-corrected chi connectivity index (χ0v) is 19.4. The van der Waals surface area contributed by atoms with E-state index in [9.17, 15) is 19.5 Å². The third-order valence-electron chi connectivity index (χ3n) is 5.86. The second-order valence-electron chi connectivity index (χ2n) is 8.19. The summed E-state index contributed by atoms with van der Waals surface area (Å²) in [6, 6.07) is 4.95. The average Bonchev–Trinajstić information content (AvgIpc) is 3.46. The summed E-state index contributed by atoms with van der Waals surface area (Å²) >= 11 is 1.17. The first-order valence-electron chi connectivity index (χ1n) is 11.2. The molecule has 0 saturated carbocycles. The lowest BCUT2D eigenvalue weighted by atomic mass is 10.0. The molecule has 1 aliphatic heterocycles. The van der Waals surface area contributed by atoms with Crippen LogP contribution in [0.5, 0.6) is 0 Å². The minimum atomic E-state index is -1.06. The second-order valence-corrected chi connectivity index (χ2v) is 9.05. The molecule has 0 radical (unpaired) electrons. The van der Waals surface area contributed by atoms with Crippen molar-refractivity contribution < 1.29 is 24.2 Å². The number of carboxylic acids is 1. The van der Waals surface area contributed by atoms with Crippen LogP contribution in [0, 0.1) is 5.92 Å². The van der Waals surface area contributed by atoms with Crippen LogP contribution in [-0.4, -0.2) is 59.2 Å². The van der Waals surface area contributed by atoms with Gasteiger partial charge in [-0.3, -0.25) is 14.9 Å². The lowest BCUT2D eigenvalue weighted by Gasteiger charge is -2.21. The van der Waals surface area contributed by atoms with Crippen molar-refractivity contribution >= 4 is 45.2 Å². The van der Waals surface area contributed by atoms with E-state index in [0.717, 1.165) is 12.8 Å². The molecule has 0 atom stereocenters. The molecule has 2 amide bonds. The maximum Gasteiger partial charge on any atom is 0.352 e. The van der Waals surface area contributed by atoms with Crippen LogP contribution in [0.1, 0.15) is 56.2 Å². The van der Waals surface area contributed by atoms with E-state index < -0.39 is 11.9 Å². The number of anilines is 1. The third-order valence-corrected chi connectivity index (χ3v) is 6.62. The molecule has 3 aromatic rings. The van der Waals surface area contributed by atoms with Crippen LogP contribution in [0.15, 0.2) is 23.6 Å². The van der Waals surface area contributed by atoms with Gasteiger partial charge in [0.2, 0.25) is 0 Å². The van der Waals surface area contributed by atoms with E-state index in [2.05, 4.69) is 20.6 Å². The zero-order valence-electron chi connectivity index (χ0n) is 18.6. The van der Waals surface area contributed by atoms with Crippen molar-refractivity contribution in [2.75, 3.05) is 31.6 Å². The number of fused-ring (bicyclic) bond motifs is 1. The normalized spacial score (nSPS) is 14.3. The summed E-state index contributed by atoms with van der Waals surface area (Å²) in [6.07, 6.45) is 2.96. The van der Waals surface area contributed by atoms with Crippen molar-refractivity contribution in [3.8, 4) is 0 Å². The maximum atomic E-state index is 12.8. The number of carboxylic acid groups (broad SMARTS) is 1. The fourth-order valence-electron chi connectivity index (χ4n) is 3.99. The molecule has 1 fully saturated rings. The standard InChI is InChI=1S/C23H27N5O5S/c24-7-1-2-15-16-10-14(3-4-17(16)26-19(15)22(31)32)20(29)28-23-27-18(12-34-23)21(30)25-11-13-5-8-33-9-6-13/h3-4,10,12-13,26H,1-2,5-9,11,24H2,(H,25,30)(H,31,32)(H,27,28,29). The molecule has 4 rings (SSSR count). The molecule has 1 saturated heterocycles. The number of nitrogens with two attached hydrogens (primary N) is 1. The number of nitrogens with one attached hydrogen (secondary N) is 3. The van der Waals surface area contributed by atoms with E-state index in [1.165, 1.54) is 11.3 Å². The van der Waals surface area contributed by atoms with Gasteiger partial charge in [-0.2, -0.15) is 0 Å². The molecule has 6 N–H and O–H groups in total. The number of hydrogen-bond acceptors (Lipinski definition) is 7. The molecule has 3 heterocycles. The van der Waals surface area contributed by atoms with Gasteiger partial charge in [-0.05, 0) is 61.9 Å². The monoisotopic (exact) mass is 485 g/mol. The molecule has 0 unspecified atom stereocenters. The molecule has 11 heteroatoms. The van der Waals surface area contributed by atoms with Crippen LogP contribution in [0.4, 0.5) is 5.13 Å². The number of hydrogen-bond donors (Lipinski definition) is 5. The van der Waals surface area contributed by atoms with E-state index in [1.807, 2.05) is 0 Å². The summed E-state index contributed by atoms with van der Waals surface area (Å²) in [5, 5.41) is 17.7. The molecule has 0 aliphatic carbocycles. The number of rotatable bonds is 9. The van der Waals surface area contributed by atoms with E-state index in [-0.39, 0.29) is 17.3 Å². The van der Waals surface area contributed by atoms with Crippen LogP contribution in [-0.2, 0) is 11.2 Å². The molecule has 180 valence electrons. The first-order chi connectivity index (χ1) is 16.5. The summed E-state index contributed by atoms with van der Waals surface area (Å²) in [5.41, 5.74) is 7.58. The first-order valence-corrected chi connectivity index (χ1v) is 12.0. The highest BCUT2D eigenvalue weighted by atomic mass is 32.1. The zero-order chi connectivity index (χ0) is 24.1. The predicted octanol–water partition coefficient (Wildman–Crippen LogP) is 2.62. The first kappa shape index (κ1) is 23.9. The highest BCUT2D eigenvalue weighted by Crippen LogP contribution is 2.26. The Kier molecular flexibility index (Phi) is 7.56. The topological polar surface area (TPSA) is 159 Å². The fraction of sp³-hybridized carbons (Fsp3) is 0.391. The summed E-state index contributed by atoms with van der Waals surface area (Å²) in [4.78, 5) is 44.0. The molecule has 34 heavy (non-hydrogen) atoms. The number of benzene rings is 1. The lowest BCUT2D eigenvalue weighted by molar-refractivity contribution is 0.0642. The van der Waals surface area contributed by atoms with Gasteiger partial charge in [-0.1, -0.05) is 0 Å². The number of H-pyrrole nitrogens is 1. The van der Waals surface area contributed by atoms with Crippen molar-refractivity contribution in [1.29, 1.82) is 0 Å². The van der Waals surface area contributed by atoms with Crippen LogP contribution < -0.4 is 16.4 Å². The van der Waals surface area contributed by atoms with Gasteiger partial charge in [-0.15, -0.1) is 11.3 Å². The number of aryl methyl sites for hydroxylation is 1. The van der Waals surface area contributed by atoms with Gasteiger partial charge in [0.15, 0.2) is 5.13 Å². The number of ether oxygens (including phenoxy) is 1. The quantitative estimate of drug-likeness (QED) is 0.311. The highest BCUT2D eigenvalue weighted by Gasteiger charge is 2.20. The Bertz CT molecular complexity index is 1200. The molecule has 2 aromatic heterocycles. The number of nitrogens with zero attached hydrogens (tertiary/aromatic N) is 1. The largest absolute Gasteiger partial charge is 0.477 e. The fourth-order valence-corrected chi connectivity index (χ4v) is 4.68. The lowest BCUT2D eigenvalue weighted by Crippen LogP contribution is -2.32. The van der Waals surface area contributed by atoms with Crippen molar-refractivity contribution in [1.82, 2.24) is 15.3 Å². The van der Waals surface area contributed by atoms with E-state index in [1.54, 1.807) is 23.6 Å². The number of aromatic amines is 1. The summed E-state index contributed by atoms with van der Waals surface area (Å²) in [5.74, 6) is -1.33. The van der Waals surface area contributed by atoms with Gasteiger partial charge in [0, 0.05) is 41.6 Å². The maximum absolute atomic E-state index is 12.8. The van der Waals surface area contributed by atoms with Crippen LogP contribution in [0.25, 0.3) is 10.9 Å². The van der Waals surface area contributed by atoms with Crippen molar-refractivity contribution in [3.63, 3.8) is 0 Å². The van der Waals surface area contributed by atoms with Crippen LogP contribution in [0.3, 0.4) is 0 Å². The van der Waals surface area contributed by atoms with Gasteiger partial charge in [0.25, 0.3) is 11.8 Å². The number of amides is 2. The van der Waals surface area contributed by atoms with E-state index >= 15 is 0 Å². The van der Waals surface area contributed by atoms with Gasteiger partial charge in [-0.25, -0.2) is 9.78 Å². The average molecular weight is 486 g/mol. The van der Waals surface area contributed by atoms with Crippen molar-refractivity contribution in [3.05, 3.63) is 46.1 Å². The van der Waals surface area contributed by atoms with Gasteiger partial charge < -0.3 is 25.9 Å². The van der Waals surface area contributed by atoms with Crippen LogP contribution >= 0.6 is 11.3 Å². The Labute approximate surface area is 199 Å². The summed E-state index contributed by atoms with van der Waals surface area (Å²) in [6.45, 7) is 2.44. The third kappa shape index (κ3) is 5.44. The number of aromatic nitrogens is 2. The molecule has 10 nitrogen and oxygen atoms in total. The van der Waals surface area contributed by atoms with Gasteiger partial charge in [0.1, 0.15) is 11.4 Å². The highest BCUT2D eigenvalue weighted by molar-refractivity contribution is 7.14. The Morgan fingerprint density at radius 3 is 2.76 bits per heavy atom. The Balaban J connectivity index is 1.44. The Hall–Kier alpha value is -3.28. The summed E-state index contributed by atoms with van der Waals surface area (Å²) in [7, 11) is 0. The number of carbonyl (C=O) groups excluding carboxylic acids is 2. The van der Waals surface area contributed by atoms with E-state index in [4.69, 9.17) is 10.5 Å². The number of thiazole rings is 1. The molecule has 0 bridgehead atoms. The van der Waals surface area contributed by atoms with Gasteiger partial charge >= 0.3 is 5.97 Å². The smallest absolute Gasteiger partial charge is 0.352 e. The van der Waals surface area contributed by atoms with Gasteiger partial charge in [0.05, 0.1) is 0 Å². The minimum absolute atomic E-state index is 0.109. The molecule has 0 spiro atoms. The number of carbonyl (C=O) groups is 3. The minimum Gasteiger partial charge on any atom is -0.477 e. The van der Waals surface area contributed by atoms with Crippen molar-refractivity contribution in [2.24, 2.45) is 11.7 Å². The Morgan fingerprint density at radius 2 is 2.03 bits per heavy atom. The van der Waals surface area contributed by atoms with E-state index in [0.29, 0.717) is 72.2 Å². The van der Waals surface area contributed by atoms with Crippen molar-refractivity contribution in [2.45, 2.75) is 25.7 Å². The molecule has 1 aliphatic rings. The Morgan fingerprint density at radius 1 is 1.24 bits per heavy atom. The predicted molar refractivity (Wildman–Crippen MR) is 129 cm³/mol. The molecular formula is C23H27N5O5S. The molecular weight excluding hydrogens is 458 g/mol. The number of aromatic carboxylic acids is 1.